The summed E-state index contributed by atoms with van der Waals surface area (Å²) < 4.78 is 0.480. The number of nitrogens with zero attached hydrogens (tertiary/aromatic N) is 1. The van der Waals surface area contributed by atoms with Crippen molar-refractivity contribution in [3.63, 3.8) is 0 Å². The minimum absolute atomic E-state index is 0.134. The van der Waals surface area contributed by atoms with Gasteiger partial charge in [-0.3, -0.25) is 0 Å². The van der Waals surface area contributed by atoms with E-state index in [-0.39, 0.29) is 11.0 Å². The van der Waals surface area contributed by atoms with Gasteiger partial charge in [-0.25, -0.2) is 0 Å². The lowest BCUT2D eigenvalue weighted by molar-refractivity contribution is -0.118. The summed E-state index contributed by atoms with van der Waals surface area (Å²) in [6, 6.07) is 0. The summed E-state index contributed by atoms with van der Waals surface area (Å²) in [5.41, 5.74) is 0.0517. The normalized spacial score (nSPS) is 13.1. The van der Waals surface area contributed by atoms with E-state index in [0.29, 0.717) is 4.65 Å². The number of carbonyl (C=O) groups is 1. The maximum Gasteiger partial charge on any atom is 0.360 e. The Morgan fingerprint density at radius 1 is 1.14 bits per heavy atom. The summed E-state index contributed by atoms with van der Waals surface area (Å²) in [6.45, 7) is 12.6. The lowest BCUT2D eigenvalue weighted by Gasteiger charge is -2.32. The molecule has 0 heterocycles. The van der Waals surface area contributed by atoms with Crippen LogP contribution in [0.15, 0.2) is 0 Å². The molecule has 14 heavy (non-hydrogen) atoms. The smallest absolute Gasteiger partial charge is 0.321 e. The van der Waals surface area contributed by atoms with Crippen LogP contribution in [-0.2, 0) is 4.79 Å². The molecule has 0 fully saturated rings. The third kappa shape index (κ3) is 5.14. The largest absolute Gasteiger partial charge is 0.360 e. The quantitative estimate of drug-likeness (QED) is 0.665. The molecule has 0 aromatic rings. The fraction of sp³-hybridized carbons (Fsp3) is 0.909. The van der Waals surface area contributed by atoms with Gasteiger partial charge in [-0.2, -0.15) is 0 Å². The second-order valence-corrected chi connectivity index (χ2v) is 7.60. The summed E-state index contributed by atoms with van der Waals surface area (Å²) in [4.78, 5) is 14.0. The summed E-state index contributed by atoms with van der Waals surface area (Å²) in [7, 11) is 2.10. The molecule has 0 spiro atoms. The van der Waals surface area contributed by atoms with E-state index < -0.39 is 15.2 Å². The molecule has 0 bridgehead atoms. The summed E-state index contributed by atoms with van der Waals surface area (Å²) in [5, 5.41) is 0.986. The van der Waals surface area contributed by atoms with Gasteiger partial charge in [-0.1, -0.05) is 20.8 Å². The molecule has 0 aliphatic heterocycles. The van der Waals surface area contributed by atoms with Crippen LogP contribution < -0.4 is 0 Å². The van der Waals surface area contributed by atoms with E-state index in [4.69, 9.17) is 0 Å². The Balaban J connectivity index is 4.03. The molecular formula is C11H24AlNO. The Bertz CT molecular complexity index is 200. The van der Waals surface area contributed by atoms with Gasteiger partial charge in [0.1, 0.15) is 0 Å². The fourth-order valence-electron chi connectivity index (χ4n) is 0.980. The molecule has 0 atom stereocenters. The Hall–Kier alpha value is 0.162. The van der Waals surface area contributed by atoms with Gasteiger partial charge in [0, 0.05) is 11.0 Å². The van der Waals surface area contributed by atoms with Gasteiger partial charge in [-0.15, -0.1) is 0 Å². The minimum Gasteiger partial charge on any atom is -0.321 e. The van der Waals surface area contributed by atoms with Gasteiger partial charge in [-0.05, 0) is 33.2 Å². The molecule has 0 rings (SSSR count). The molecule has 0 unspecified atom stereocenters. The molecule has 0 aromatic carbocycles. The Kier molecular flexibility index (Phi) is 4.85. The van der Waals surface area contributed by atoms with Crippen LogP contribution in [0.1, 0.15) is 41.5 Å². The Labute approximate surface area is 94.8 Å². The second kappa shape index (κ2) is 4.79. The van der Waals surface area contributed by atoms with Crippen molar-refractivity contribution in [1.29, 1.82) is 0 Å². The molecule has 82 valence electrons. The first-order chi connectivity index (χ1) is 6.05. The first-order valence-electron chi connectivity index (χ1n) is 5.29. The van der Waals surface area contributed by atoms with Crippen molar-refractivity contribution < 1.29 is 4.79 Å². The lowest BCUT2D eigenvalue weighted by Crippen LogP contribution is -2.43. The maximum atomic E-state index is 11.7. The molecule has 2 nitrogen and oxygen atoms in total. The van der Waals surface area contributed by atoms with E-state index in [2.05, 4.69) is 32.7 Å². The van der Waals surface area contributed by atoms with Crippen molar-refractivity contribution in [3.05, 3.63) is 0 Å². The van der Waals surface area contributed by atoms with Crippen LogP contribution >= 0.6 is 0 Å². The number of hydrogen-bond acceptors (Lipinski definition) is 2. The van der Waals surface area contributed by atoms with Crippen molar-refractivity contribution in [2.75, 3.05) is 12.5 Å². The first-order valence-corrected chi connectivity index (χ1v) is 7.00. The average molecular weight is 213 g/mol. The highest BCUT2D eigenvalue weighted by atomic mass is 27.1. The van der Waals surface area contributed by atoms with Crippen LogP contribution in [0.4, 0.5) is 0 Å². The summed E-state index contributed by atoms with van der Waals surface area (Å²) >= 11 is -0.609. The molecule has 0 saturated heterocycles. The third-order valence-electron chi connectivity index (χ3n) is 2.66. The highest BCUT2D eigenvalue weighted by Crippen LogP contribution is 2.14. The average Bonchev–Trinajstić information content (AvgIpc) is 1.95. The summed E-state index contributed by atoms with van der Waals surface area (Å²) in [5.74, 6) is 0. The number of rotatable bonds is 3. The Morgan fingerprint density at radius 2 is 1.57 bits per heavy atom. The zero-order valence-electron chi connectivity index (χ0n) is 10.8. The van der Waals surface area contributed by atoms with Crippen molar-refractivity contribution in [1.82, 2.24) is 4.90 Å². The minimum atomic E-state index is -0.609. The van der Waals surface area contributed by atoms with Crippen LogP contribution in [0.25, 0.3) is 0 Å². The SMILES string of the molecule is CN([CH2][AlH][C](=O)C(C)(C)C)C(C)(C)C. The number of carbonyl (C=O) groups excluding carboxylic acids is 1. The van der Waals surface area contributed by atoms with Gasteiger partial charge in [0.25, 0.3) is 0 Å². The van der Waals surface area contributed by atoms with Gasteiger partial charge in [0.05, 0.1) is 4.65 Å². The van der Waals surface area contributed by atoms with E-state index in [1.807, 2.05) is 20.8 Å². The standard InChI is InChI=1S/C6H14N.C5H9O.Al.H/c1-6(2,3)7(4)5;1-5(2,3)4-6;;/h4H2,1-3,5H3;1-3H3;;. The molecule has 0 saturated carbocycles. The zero-order chi connectivity index (χ0) is 11.6. The lowest BCUT2D eigenvalue weighted by atomic mass is 9.99. The highest BCUT2D eigenvalue weighted by Gasteiger charge is 2.25. The van der Waals surface area contributed by atoms with E-state index in [1.165, 1.54) is 0 Å². The van der Waals surface area contributed by atoms with E-state index in [0.717, 1.165) is 5.41 Å². The van der Waals surface area contributed by atoms with Crippen molar-refractivity contribution in [3.8, 4) is 0 Å². The van der Waals surface area contributed by atoms with Gasteiger partial charge in [0.2, 0.25) is 0 Å². The van der Waals surface area contributed by atoms with E-state index in [9.17, 15) is 4.79 Å². The number of hydrogen-bond donors (Lipinski definition) is 0. The molecule has 0 radical (unpaired) electrons. The van der Waals surface area contributed by atoms with Crippen LogP contribution in [0.3, 0.4) is 0 Å². The maximum absolute atomic E-state index is 11.7. The highest BCUT2D eigenvalue weighted by molar-refractivity contribution is 6.74. The third-order valence-corrected chi connectivity index (χ3v) is 5.07. The predicted octanol–water partition coefficient (Wildman–Crippen LogP) is 1.68. The van der Waals surface area contributed by atoms with Gasteiger partial charge in [0.15, 0.2) is 0 Å². The van der Waals surface area contributed by atoms with E-state index >= 15 is 0 Å². The molecular weight excluding hydrogens is 189 g/mol. The topological polar surface area (TPSA) is 20.3 Å². The summed E-state index contributed by atoms with van der Waals surface area (Å²) in [6.07, 6.45) is 0. The van der Waals surface area contributed by atoms with Gasteiger partial charge < -0.3 is 9.69 Å². The van der Waals surface area contributed by atoms with Crippen LogP contribution in [0.2, 0.25) is 0 Å². The van der Waals surface area contributed by atoms with Crippen LogP contribution in [-0.4, -0.2) is 42.8 Å². The van der Waals surface area contributed by atoms with Crippen molar-refractivity contribution in [2.24, 2.45) is 5.41 Å². The molecule has 0 aliphatic carbocycles. The van der Waals surface area contributed by atoms with Crippen molar-refractivity contribution >= 4 is 19.9 Å². The molecule has 0 amide bonds. The van der Waals surface area contributed by atoms with Crippen LogP contribution in [0, 0.1) is 5.41 Å². The molecule has 0 N–H and O–H groups in total. The fourth-order valence-corrected chi connectivity index (χ4v) is 2.94. The molecule has 3 heteroatoms. The Morgan fingerprint density at radius 3 is 1.86 bits per heavy atom. The monoisotopic (exact) mass is 213 g/mol. The van der Waals surface area contributed by atoms with E-state index in [1.54, 1.807) is 0 Å². The van der Waals surface area contributed by atoms with Crippen molar-refractivity contribution in [2.45, 2.75) is 47.1 Å². The van der Waals surface area contributed by atoms with Gasteiger partial charge >= 0.3 is 15.2 Å². The predicted molar refractivity (Wildman–Crippen MR) is 64.0 cm³/mol. The van der Waals surface area contributed by atoms with Crippen LogP contribution in [0.5, 0.6) is 0 Å². The molecule has 0 aromatic heterocycles. The first kappa shape index (κ1) is 14.2. The zero-order valence-corrected chi connectivity index (χ0v) is 12.2. The second-order valence-electron chi connectivity index (χ2n) is 6.02. The molecule has 0 aliphatic rings.